The van der Waals surface area contributed by atoms with Crippen LogP contribution in [0.5, 0.6) is 0 Å². The molecule has 1 aliphatic carbocycles. The Morgan fingerprint density at radius 3 is 3.04 bits per heavy atom. The first-order valence-electron chi connectivity index (χ1n) is 8.42. The van der Waals surface area contributed by atoms with Crippen molar-refractivity contribution in [1.82, 2.24) is 15.2 Å². The summed E-state index contributed by atoms with van der Waals surface area (Å²) >= 11 is 1.62. The van der Waals surface area contributed by atoms with E-state index in [1.54, 1.807) is 11.3 Å². The van der Waals surface area contributed by atoms with E-state index in [1.807, 2.05) is 6.07 Å². The first-order chi connectivity index (χ1) is 11.1. The van der Waals surface area contributed by atoms with E-state index in [9.17, 15) is 4.79 Å². The second kappa shape index (κ2) is 6.83. The Balaban J connectivity index is 1.68. The van der Waals surface area contributed by atoms with Crippen molar-refractivity contribution >= 4 is 22.4 Å². The van der Waals surface area contributed by atoms with Crippen molar-refractivity contribution in [3.05, 3.63) is 28.0 Å². The lowest BCUT2D eigenvalue weighted by molar-refractivity contribution is 0.102. The van der Waals surface area contributed by atoms with E-state index < -0.39 is 0 Å². The van der Waals surface area contributed by atoms with Crippen LogP contribution < -0.4 is 5.32 Å². The van der Waals surface area contributed by atoms with Crippen LogP contribution in [0.15, 0.2) is 6.07 Å². The van der Waals surface area contributed by atoms with Gasteiger partial charge >= 0.3 is 0 Å². The number of nitrogens with zero attached hydrogens (tertiary/aromatic N) is 2. The number of aromatic amines is 1. The number of amides is 1. The molecule has 1 aliphatic rings. The van der Waals surface area contributed by atoms with Gasteiger partial charge in [0.15, 0.2) is 10.8 Å². The Kier molecular flexibility index (Phi) is 4.80. The average molecular weight is 332 g/mol. The van der Waals surface area contributed by atoms with Crippen molar-refractivity contribution in [3.8, 4) is 0 Å². The van der Waals surface area contributed by atoms with Crippen LogP contribution in [-0.4, -0.2) is 21.1 Å². The fourth-order valence-electron chi connectivity index (χ4n) is 3.06. The number of hydrogen-bond donors (Lipinski definition) is 2. The van der Waals surface area contributed by atoms with Gasteiger partial charge in [0.05, 0.1) is 5.69 Å². The number of carbonyl (C=O) groups is 1. The molecule has 6 heteroatoms. The zero-order valence-corrected chi connectivity index (χ0v) is 14.8. The van der Waals surface area contributed by atoms with Gasteiger partial charge in [0.25, 0.3) is 5.91 Å². The van der Waals surface area contributed by atoms with E-state index >= 15 is 0 Å². The third kappa shape index (κ3) is 3.63. The molecule has 3 rings (SSSR count). The molecule has 0 saturated carbocycles. The molecule has 23 heavy (non-hydrogen) atoms. The van der Waals surface area contributed by atoms with E-state index in [-0.39, 0.29) is 5.91 Å². The average Bonchev–Trinajstić information content (AvgIpc) is 3.13. The third-order valence-electron chi connectivity index (χ3n) is 4.41. The molecule has 1 amide bonds. The Morgan fingerprint density at radius 2 is 2.35 bits per heavy atom. The molecule has 0 aliphatic heterocycles. The van der Waals surface area contributed by atoms with E-state index in [1.165, 1.54) is 29.8 Å². The number of nitrogens with one attached hydrogen (secondary N) is 2. The lowest BCUT2D eigenvalue weighted by Crippen LogP contribution is -2.13. The van der Waals surface area contributed by atoms with Gasteiger partial charge in [0, 0.05) is 10.6 Å². The van der Waals surface area contributed by atoms with Crippen LogP contribution in [-0.2, 0) is 12.8 Å². The Bertz CT molecular complexity index is 689. The second-order valence-electron chi connectivity index (χ2n) is 6.60. The van der Waals surface area contributed by atoms with Crippen molar-refractivity contribution in [1.29, 1.82) is 0 Å². The summed E-state index contributed by atoms with van der Waals surface area (Å²) in [5, 5.41) is 10.6. The van der Waals surface area contributed by atoms with Gasteiger partial charge in [-0.3, -0.25) is 15.2 Å². The number of H-pyrrole nitrogens is 1. The van der Waals surface area contributed by atoms with E-state index in [2.05, 4.69) is 41.3 Å². The summed E-state index contributed by atoms with van der Waals surface area (Å²) in [5.74, 6) is 0.910. The number of thiazole rings is 1. The molecule has 0 spiro atoms. The smallest absolute Gasteiger partial charge is 0.277 e. The number of hydrogen-bond acceptors (Lipinski definition) is 4. The lowest BCUT2D eigenvalue weighted by atomic mass is 9.88. The van der Waals surface area contributed by atoms with Crippen LogP contribution in [0.25, 0.3) is 0 Å². The number of fused-ring (bicyclic) bond motifs is 1. The number of aromatic nitrogens is 3. The van der Waals surface area contributed by atoms with Gasteiger partial charge in [-0.2, -0.15) is 5.10 Å². The normalized spacial score (nSPS) is 17.3. The third-order valence-corrected chi connectivity index (χ3v) is 5.45. The maximum atomic E-state index is 12.3. The van der Waals surface area contributed by atoms with Crippen molar-refractivity contribution in [2.45, 2.75) is 58.8 Å². The van der Waals surface area contributed by atoms with Crippen LogP contribution in [0.1, 0.15) is 72.7 Å². The van der Waals surface area contributed by atoms with Gasteiger partial charge < -0.3 is 0 Å². The minimum absolute atomic E-state index is 0.190. The molecular formula is C17H24N4OS. The monoisotopic (exact) mass is 332 g/mol. The minimum atomic E-state index is -0.190. The topological polar surface area (TPSA) is 70.7 Å². The predicted octanol–water partition coefficient (Wildman–Crippen LogP) is 4.15. The highest BCUT2D eigenvalue weighted by Gasteiger charge is 2.23. The summed E-state index contributed by atoms with van der Waals surface area (Å²) in [6.07, 6.45) is 5.88. The standard InChI is InChI=1S/C17H24N4OS/c1-4-5-11-6-7-12-15(8-11)23-17(18-12)19-16(22)14-9-13(10(2)3)20-21-14/h9-11H,4-8H2,1-3H3,(H,20,21)(H,18,19,22). The maximum absolute atomic E-state index is 12.3. The summed E-state index contributed by atoms with van der Waals surface area (Å²) in [7, 11) is 0. The molecule has 5 nitrogen and oxygen atoms in total. The van der Waals surface area contributed by atoms with Gasteiger partial charge in [0.1, 0.15) is 0 Å². The largest absolute Gasteiger partial charge is 0.296 e. The zero-order valence-electron chi connectivity index (χ0n) is 14.0. The molecule has 124 valence electrons. The van der Waals surface area contributed by atoms with Crippen LogP contribution in [0, 0.1) is 5.92 Å². The van der Waals surface area contributed by atoms with Crippen molar-refractivity contribution < 1.29 is 4.79 Å². The molecule has 0 bridgehead atoms. The summed E-state index contributed by atoms with van der Waals surface area (Å²) < 4.78 is 0. The Hall–Kier alpha value is -1.69. The quantitative estimate of drug-likeness (QED) is 0.864. The molecule has 2 heterocycles. The van der Waals surface area contributed by atoms with Crippen LogP contribution in [0.4, 0.5) is 5.13 Å². The molecule has 1 unspecified atom stereocenters. The highest BCUT2D eigenvalue weighted by Crippen LogP contribution is 2.34. The summed E-state index contributed by atoms with van der Waals surface area (Å²) in [6.45, 7) is 6.37. The van der Waals surface area contributed by atoms with Gasteiger partial charge in [-0.25, -0.2) is 4.98 Å². The molecular weight excluding hydrogens is 308 g/mol. The highest BCUT2D eigenvalue weighted by atomic mass is 32.1. The lowest BCUT2D eigenvalue weighted by Gasteiger charge is -2.19. The summed E-state index contributed by atoms with van der Waals surface area (Å²) in [4.78, 5) is 18.2. The van der Waals surface area contributed by atoms with Crippen LogP contribution in [0.3, 0.4) is 0 Å². The zero-order chi connectivity index (χ0) is 16.4. The van der Waals surface area contributed by atoms with Crippen molar-refractivity contribution in [2.24, 2.45) is 5.92 Å². The minimum Gasteiger partial charge on any atom is -0.296 e. The molecule has 2 aromatic heterocycles. The van der Waals surface area contributed by atoms with Gasteiger partial charge in [-0.15, -0.1) is 11.3 Å². The van der Waals surface area contributed by atoms with Crippen LogP contribution in [0.2, 0.25) is 0 Å². The summed E-state index contributed by atoms with van der Waals surface area (Å²) in [5.41, 5.74) is 2.56. The van der Waals surface area contributed by atoms with Gasteiger partial charge in [-0.05, 0) is 37.2 Å². The number of aryl methyl sites for hydroxylation is 1. The first kappa shape index (κ1) is 16.2. The first-order valence-corrected chi connectivity index (χ1v) is 9.23. The molecule has 2 N–H and O–H groups in total. The highest BCUT2D eigenvalue weighted by molar-refractivity contribution is 7.15. The van der Waals surface area contributed by atoms with Crippen molar-refractivity contribution in [3.63, 3.8) is 0 Å². The number of carbonyl (C=O) groups excluding carboxylic acids is 1. The second-order valence-corrected chi connectivity index (χ2v) is 7.69. The Morgan fingerprint density at radius 1 is 1.52 bits per heavy atom. The van der Waals surface area contributed by atoms with Gasteiger partial charge in [0.2, 0.25) is 0 Å². The van der Waals surface area contributed by atoms with Crippen LogP contribution >= 0.6 is 11.3 Å². The molecule has 2 aromatic rings. The molecule has 0 aromatic carbocycles. The molecule has 0 fully saturated rings. The molecule has 0 radical (unpaired) electrons. The number of anilines is 1. The maximum Gasteiger partial charge on any atom is 0.277 e. The molecule has 0 saturated heterocycles. The van der Waals surface area contributed by atoms with Crippen molar-refractivity contribution in [2.75, 3.05) is 5.32 Å². The van der Waals surface area contributed by atoms with Gasteiger partial charge in [-0.1, -0.05) is 33.6 Å². The fourth-order valence-corrected chi connectivity index (χ4v) is 4.18. The van der Waals surface area contributed by atoms with E-state index in [0.717, 1.165) is 24.5 Å². The predicted molar refractivity (Wildman–Crippen MR) is 93.2 cm³/mol. The SMILES string of the molecule is CCCC1CCc2nc(NC(=O)c3cc(C(C)C)[nH]n3)sc2C1. The molecule has 1 atom stereocenters. The van der Waals surface area contributed by atoms with E-state index in [4.69, 9.17) is 0 Å². The Labute approximate surface area is 140 Å². The fraction of sp³-hybridized carbons (Fsp3) is 0.588. The van der Waals surface area contributed by atoms with E-state index in [0.29, 0.717) is 16.7 Å². The summed E-state index contributed by atoms with van der Waals surface area (Å²) in [6, 6.07) is 1.81. The number of rotatable bonds is 5.